The van der Waals surface area contributed by atoms with E-state index in [0.717, 1.165) is 32.1 Å². The van der Waals surface area contributed by atoms with E-state index in [1.165, 1.54) is 0 Å². The van der Waals surface area contributed by atoms with Gasteiger partial charge in [-0.1, -0.05) is 20.8 Å². The van der Waals surface area contributed by atoms with Crippen LogP contribution in [-0.4, -0.2) is 34.1 Å². The highest BCUT2D eigenvalue weighted by Gasteiger charge is 2.63. The van der Waals surface area contributed by atoms with E-state index < -0.39 is 11.7 Å². The van der Waals surface area contributed by atoms with E-state index in [1.54, 1.807) is 0 Å². The summed E-state index contributed by atoms with van der Waals surface area (Å²) < 4.78 is 6.61. The lowest BCUT2D eigenvalue weighted by Crippen LogP contribution is -2.65. The van der Waals surface area contributed by atoms with Gasteiger partial charge in [-0.15, -0.1) is 11.6 Å². The van der Waals surface area contributed by atoms with Crippen molar-refractivity contribution in [2.45, 2.75) is 90.4 Å². The minimum atomic E-state index is -0.633. The van der Waals surface area contributed by atoms with Crippen molar-refractivity contribution in [3.63, 3.8) is 0 Å². The summed E-state index contributed by atoms with van der Waals surface area (Å²) in [6.45, 7) is 10.9. The van der Waals surface area contributed by atoms with Gasteiger partial charge < -0.3 is 9.84 Å². The van der Waals surface area contributed by atoms with Crippen LogP contribution >= 0.6 is 11.6 Å². The van der Waals surface area contributed by atoms with Crippen LogP contribution in [0.2, 0.25) is 0 Å². The van der Waals surface area contributed by atoms with Gasteiger partial charge in [0, 0.05) is 11.8 Å². The normalized spacial score (nSPS) is 49.2. The van der Waals surface area contributed by atoms with Crippen molar-refractivity contribution in [2.24, 2.45) is 22.7 Å². The number of carbonyl (C=O) groups excluding carboxylic acids is 1. The molecule has 2 saturated carbocycles. The van der Waals surface area contributed by atoms with Crippen LogP contribution in [0.3, 0.4) is 0 Å². The molecule has 0 aromatic carbocycles. The van der Waals surface area contributed by atoms with Gasteiger partial charge in [-0.05, 0) is 63.2 Å². The second-order valence-corrected chi connectivity index (χ2v) is 10.0. The predicted molar refractivity (Wildman–Crippen MR) is 96.2 cm³/mol. The highest BCUT2D eigenvalue weighted by molar-refractivity contribution is 6.18. The lowest BCUT2D eigenvalue weighted by Gasteiger charge is -2.65. The van der Waals surface area contributed by atoms with Crippen molar-refractivity contribution in [3.05, 3.63) is 0 Å². The number of carbonyl (C=O) groups is 1. The molecular formula is C20H33ClO3. The minimum Gasteiger partial charge on any atom is -0.389 e. The quantitative estimate of drug-likeness (QED) is 0.749. The molecule has 0 unspecified atom stereocenters. The molecule has 1 N–H and O–H groups in total. The van der Waals surface area contributed by atoms with E-state index >= 15 is 0 Å². The first kappa shape index (κ1) is 18.7. The van der Waals surface area contributed by atoms with Crippen LogP contribution in [0.25, 0.3) is 0 Å². The summed E-state index contributed by atoms with van der Waals surface area (Å²) in [5.74, 6) is 1.49. The molecule has 3 fully saturated rings. The van der Waals surface area contributed by atoms with Crippen molar-refractivity contribution in [1.29, 1.82) is 0 Å². The van der Waals surface area contributed by atoms with E-state index in [9.17, 15) is 9.90 Å². The number of aliphatic hydroxyl groups is 1. The third kappa shape index (κ3) is 2.49. The zero-order valence-electron chi connectivity index (χ0n) is 15.8. The zero-order chi connectivity index (χ0) is 18.0. The molecule has 3 aliphatic rings. The fraction of sp³-hybridized carbons (Fsp3) is 0.950. The maximum atomic E-state index is 12.5. The molecule has 0 bridgehead atoms. The molecule has 1 saturated heterocycles. The summed E-state index contributed by atoms with van der Waals surface area (Å²) >= 11 is 5.92. The Kier molecular flexibility index (Phi) is 4.42. The maximum Gasteiger partial charge on any atom is 0.138 e. The topological polar surface area (TPSA) is 46.5 Å². The number of ether oxygens (including phenoxy) is 1. The second-order valence-electron chi connectivity index (χ2n) is 9.73. The summed E-state index contributed by atoms with van der Waals surface area (Å²) in [7, 11) is 0. The number of halogens is 1. The van der Waals surface area contributed by atoms with Crippen molar-refractivity contribution in [3.8, 4) is 0 Å². The van der Waals surface area contributed by atoms with Gasteiger partial charge >= 0.3 is 0 Å². The van der Waals surface area contributed by atoms with E-state index in [4.69, 9.17) is 16.3 Å². The molecule has 3 nitrogen and oxygen atoms in total. The third-order valence-corrected chi connectivity index (χ3v) is 8.28. The second kappa shape index (κ2) is 5.69. The fourth-order valence-corrected chi connectivity index (χ4v) is 6.80. The Morgan fingerprint density at radius 1 is 1.12 bits per heavy atom. The first-order valence-corrected chi connectivity index (χ1v) is 10.0. The maximum absolute atomic E-state index is 12.5. The molecule has 138 valence electrons. The molecule has 4 heteroatoms. The predicted octanol–water partition coefficient (Wildman–Crippen LogP) is 4.34. The van der Waals surface area contributed by atoms with Gasteiger partial charge in [-0.2, -0.15) is 0 Å². The van der Waals surface area contributed by atoms with Crippen LogP contribution in [-0.2, 0) is 9.53 Å². The number of alkyl halides is 1. The Morgan fingerprint density at radius 3 is 2.38 bits per heavy atom. The molecule has 6 atom stereocenters. The number of hydrogen-bond acceptors (Lipinski definition) is 3. The Morgan fingerprint density at radius 2 is 1.75 bits per heavy atom. The highest BCUT2D eigenvalue weighted by Crippen LogP contribution is 2.64. The summed E-state index contributed by atoms with van der Waals surface area (Å²) in [4.78, 5) is 12.5. The van der Waals surface area contributed by atoms with Crippen LogP contribution in [0.15, 0.2) is 0 Å². The smallest absolute Gasteiger partial charge is 0.138 e. The van der Waals surface area contributed by atoms with Gasteiger partial charge in [0.2, 0.25) is 0 Å². The number of rotatable bonds is 2. The van der Waals surface area contributed by atoms with E-state index in [1.807, 2.05) is 6.92 Å². The summed E-state index contributed by atoms with van der Waals surface area (Å²) in [6.07, 6.45) is 4.88. The Bertz CT molecular complexity index is 533. The van der Waals surface area contributed by atoms with Crippen LogP contribution in [0.5, 0.6) is 0 Å². The largest absolute Gasteiger partial charge is 0.389 e. The summed E-state index contributed by atoms with van der Waals surface area (Å²) in [5, 5.41) is 10.4. The minimum absolute atomic E-state index is 0.137. The standard InChI is InChI=1S/C20H33ClO3/c1-17(2)13-6-10-19(4)14(18(13,3)9-8-15(17)22)7-11-20(5,24-19)16(23)12-21/h13-14,16,23H,6-12H2,1-5H3/t13-,14+,16+,18-,19+,20-/m1/s1. The van der Waals surface area contributed by atoms with E-state index in [2.05, 4.69) is 27.7 Å². The molecule has 0 aromatic rings. The molecule has 0 aromatic heterocycles. The van der Waals surface area contributed by atoms with Crippen molar-refractivity contribution >= 4 is 17.4 Å². The van der Waals surface area contributed by atoms with Gasteiger partial charge in [0.05, 0.1) is 23.2 Å². The molecule has 3 rings (SSSR count). The fourth-order valence-electron chi connectivity index (χ4n) is 6.48. The van der Waals surface area contributed by atoms with Gasteiger partial charge in [0.15, 0.2) is 0 Å². The number of Topliss-reactive ketones (excluding diaryl/α,β-unsaturated/α-hetero) is 1. The van der Waals surface area contributed by atoms with Gasteiger partial charge in [-0.25, -0.2) is 0 Å². The van der Waals surface area contributed by atoms with Crippen molar-refractivity contribution in [2.75, 3.05) is 5.88 Å². The van der Waals surface area contributed by atoms with Crippen LogP contribution in [0.4, 0.5) is 0 Å². The van der Waals surface area contributed by atoms with Crippen LogP contribution < -0.4 is 0 Å². The number of fused-ring (bicyclic) bond motifs is 3. The van der Waals surface area contributed by atoms with E-state index in [0.29, 0.717) is 24.0 Å². The molecule has 0 amide bonds. The van der Waals surface area contributed by atoms with Gasteiger partial charge in [0.25, 0.3) is 0 Å². The van der Waals surface area contributed by atoms with Crippen molar-refractivity contribution < 1.29 is 14.6 Å². The van der Waals surface area contributed by atoms with Crippen LogP contribution in [0, 0.1) is 22.7 Å². The Labute approximate surface area is 151 Å². The first-order chi connectivity index (χ1) is 11.0. The average molecular weight is 357 g/mol. The van der Waals surface area contributed by atoms with E-state index in [-0.39, 0.29) is 22.3 Å². The SMILES string of the molecule is CC1(C)C(=O)CC[C@]2(C)[C@@H]1CC[C@]1(C)O[C@@](C)([C@@H](O)CCl)CC[C@@H]21. The summed E-state index contributed by atoms with van der Waals surface area (Å²) in [5.41, 5.74) is -0.889. The number of aliphatic hydroxyl groups excluding tert-OH is 1. The number of hydrogen-bond donors (Lipinski definition) is 1. The van der Waals surface area contributed by atoms with Gasteiger partial charge in [-0.3, -0.25) is 4.79 Å². The molecule has 0 radical (unpaired) electrons. The number of ketones is 1. The molecule has 24 heavy (non-hydrogen) atoms. The first-order valence-electron chi connectivity index (χ1n) is 9.47. The summed E-state index contributed by atoms with van der Waals surface area (Å²) in [6, 6.07) is 0. The lowest BCUT2D eigenvalue weighted by atomic mass is 9.44. The monoisotopic (exact) mass is 356 g/mol. The lowest BCUT2D eigenvalue weighted by molar-refractivity contribution is -0.280. The third-order valence-electron chi connectivity index (χ3n) is 7.99. The molecule has 0 spiro atoms. The molecular weight excluding hydrogens is 324 g/mol. The Balaban J connectivity index is 1.92. The molecule has 1 aliphatic heterocycles. The molecule has 1 heterocycles. The Hall–Kier alpha value is -0.120. The van der Waals surface area contributed by atoms with Crippen molar-refractivity contribution in [1.82, 2.24) is 0 Å². The van der Waals surface area contributed by atoms with Crippen LogP contribution in [0.1, 0.15) is 73.1 Å². The molecule has 2 aliphatic carbocycles. The highest BCUT2D eigenvalue weighted by atomic mass is 35.5. The van der Waals surface area contributed by atoms with Gasteiger partial charge in [0.1, 0.15) is 5.78 Å². The average Bonchev–Trinajstić information content (AvgIpc) is 2.49. The zero-order valence-corrected chi connectivity index (χ0v) is 16.6.